The van der Waals surface area contributed by atoms with Crippen molar-refractivity contribution in [1.82, 2.24) is 20.4 Å². The highest BCUT2D eigenvalue weighted by atomic mass is 32.1. The molecule has 0 radical (unpaired) electrons. The fraction of sp³-hybridized carbons (Fsp3) is 0.286. The molecule has 1 aliphatic rings. The van der Waals surface area contributed by atoms with Crippen molar-refractivity contribution < 1.29 is 13.2 Å². The van der Waals surface area contributed by atoms with E-state index < -0.39 is 12.3 Å². The Morgan fingerprint density at radius 3 is 2.40 bits per heavy atom. The quantitative estimate of drug-likeness (QED) is 0.618. The number of anilines is 1. The number of hydrogen-bond acceptors (Lipinski definition) is 5. The van der Waals surface area contributed by atoms with Crippen LogP contribution in [0.4, 0.5) is 14.5 Å². The first-order valence-electron chi connectivity index (χ1n) is 9.65. The van der Waals surface area contributed by atoms with Gasteiger partial charge in [0.1, 0.15) is 0 Å². The van der Waals surface area contributed by atoms with E-state index in [4.69, 9.17) is 16.6 Å². The minimum Gasteiger partial charge on any atom is -0.415 e. The van der Waals surface area contributed by atoms with E-state index in [0.717, 1.165) is 42.5 Å². The van der Waals surface area contributed by atoms with Gasteiger partial charge in [0.25, 0.3) is 5.89 Å². The third-order valence-electron chi connectivity index (χ3n) is 4.86. The molecule has 4 rings (SSSR count). The molecule has 6 nitrogen and oxygen atoms in total. The van der Waals surface area contributed by atoms with Crippen LogP contribution in [0.3, 0.4) is 0 Å². The summed E-state index contributed by atoms with van der Waals surface area (Å²) in [7, 11) is 0. The van der Waals surface area contributed by atoms with Crippen LogP contribution in [0.1, 0.15) is 17.9 Å². The highest BCUT2D eigenvalue weighted by Crippen LogP contribution is 2.25. The lowest BCUT2D eigenvalue weighted by atomic mass is 10.1. The molecule has 0 unspecified atom stereocenters. The summed E-state index contributed by atoms with van der Waals surface area (Å²) in [6.07, 6.45) is -2.78. The average Bonchev–Trinajstić information content (AvgIpc) is 3.29. The fourth-order valence-electron chi connectivity index (χ4n) is 3.28. The summed E-state index contributed by atoms with van der Waals surface area (Å²) >= 11 is 5.83. The zero-order valence-corrected chi connectivity index (χ0v) is 17.0. The van der Waals surface area contributed by atoms with Gasteiger partial charge in [-0.3, -0.25) is 0 Å². The van der Waals surface area contributed by atoms with E-state index >= 15 is 0 Å². The summed E-state index contributed by atoms with van der Waals surface area (Å²) in [5.41, 5.74) is 2.63. The lowest BCUT2D eigenvalue weighted by Crippen LogP contribution is -2.51. The minimum absolute atomic E-state index is 0.0769. The number of alkyl halides is 2. The van der Waals surface area contributed by atoms with Gasteiger partial charge >= 0.3 is 6.43 Å². The predicted octanol–water partition coefficient (Wildman–Crippen LogP) is 3.87. The van der Waals surface area contributed by atoms with E-state index in [1.54, 1.807) is 12.1 Å². The van der Waals surface area contributed by atoms with E-state index in [9.17, 15) is 8.78 Å². The van der Waals surface area contributed by atoms with Crippen LogP contribution < -0.4 is 10.2 Å². The van der Waals surface area contributed by atoms with Crippen molar-refractivity contribution in [3.05, 3.63) is 66.1 Å². The van der Waals surface area contributed by atoms with Gasteiger partial charge in [0.2, 0.25) is 5.89 Å². The maximum absolute atomic E-state index is 12.7. The van der Waals surface area contributed by atoms with Crippen LogP contribution in [0, 0.1) is 0 Å². The molecule has 0 amide bonds. The molecular formula is C21H21F2N5OS. The highest BCUT2D eigenvalue weighted by Gasteiger charge is 2.21. The van der Waals surface area contributed by atoms with Gasteiger partial charge in [0.15, 0.2) is 5.11 Å². The van der Waals surface area contributed by atoms with E-state index in [1.807, 2.05) is 42.5 Å². The first-order chi connectivity index (χ1) is 14.6. The summed E-state index contributed by atoms with van der Waals surface area (Å²) in [4.78, 5) is 4.31. The molecule has 1 N–H and O–H groups in total. The number of hydrogen-bond donors (Lipinski definition) is 1. The Morgan fingerprint density at radius 2 is 1.77 bits per heavy atom. The number of benzene rings is 2. The molecule has 3 aromatic rings. The second kappa shape index (κ2) is 9.27. The van der Waals surface area contributed by atoms with Crippen molar-refractivity contribution >= 4 is 23.0 Å². The number of aromatic nitrogens is 2. The van der Waals surface area contributed by atoms with Crippen molar-refractivity contribution in [1.29, 1.82) is 0 Å². The molecule has 0 saturated carbocycles. The number of nitrogens with zero attached hydrogens (tertiary/aromatic N) is 4. The summed E-state index contributed by atoms with van der Waals surface area (Å²) in [5, 5.41) is 11.2. The Hall–Kier alpha value is -2.91. The monoisotopic (exact) mass is 429 g/mol. The van der Waals surface area contributed by atoms with Gasteiger partial charge in [0, 0.05) is 37.4 Å². The molecular weight excluding hydrogens is 408 g/mol. The van der Waals surface area contributed by atoms with Gasteiger partial charge in [-0.2, -0.15) is 8.78 Å². The molecule has 0 aliphatic carbocycles. The van der Waals surface area contributed by atoms with Crippen LogP contribution in [-0.4, -0.2) is 46.4 Å². The summed E-state index contributed by atoms with van der Waals surface area (Å²) in [6, 6.07) is 17.4. The molecule has 30 heavy (non-hydrogen) atoms. The van der Waals surface area contributed by atoms with Crippen LogP contribution in [0.5, 0.6) is 0 Å². The largest absolute Gasteiger partial charge is 0.415 e. The van der Waals surface area contributed by atoms with E-state index in [0.29, 0.717) is 12.1 Å². The lowest BCUT2D eigenvalue weighted by molar-refractivity contribution is 0.116. The Balaban J connectivity index is 1.54. The van der Waals surface area contributed by atoms with E-state index in [-0.39, 0.29) is 5.89 Å². The number of piperazine rings is 1. The first-order valence-corrected chi connectivity index (χ1v) is 10.1. The fourth-order valence-corrected chi connectivity index (χ4v) is 3.63. The van der Waals surface area contributed by atoms with Gasteiger partial charge in [-0.05, 0) is 42.0 Å². The minimum atomic E-state index is -2.78. The van der Waals surface area contributed by atoms with Crippen LogP contribution in [-0.2, 0) is 6.54 Å². The molecule has 1 saturated heterocycles. The van der Waals surface area contributed by atoms with Gasteiger partial charge < -0.3 is 19.5 Å². The van der Waals surface area contributed by atoms with Gasteiger partial charge in [0.05, 0.1) is 6.54 Å². The van der Waals surface area contributed by atoms with Crippen molar-refractivity contribution in [2.45, 2.75) is 13.0 Å². The molecule has 0 bridgehead atoms. The third kappa shape index (κ3) is 4.63. The molecule has 1 fully saturated rings. The van der Waals surface area contributed by atoms with Crippen LogP contribution >= 0.6 is 12.2 Å². The topological polar surface area (TPSA) is 57.4 Å². The summed E-state index contributed by atoms with van der Waals surface area (Å²) in [6.45, 7) is 4.12. The SMILES string of the molecule is FC(F)c1nnc(-c2ccc(CN(C(=S)N3CCNCC3)c3ccccc3)cc2)o1. The number of nitrogens with one attached hydrogen (secondary N) is 1. The zero-order valence-electron chi connectivity index (χ0n) is 16.2. The van der Waals surface area contributed by atoms with Crippen LogP contribution in [0.25, 0.3) is 11.5 Å². The average molecular weight is 429 g/mol. The normalized spacial score (nSPS) is 14.2. The predicted molar refractivity (Wildman–Crippen MR) is 114 cm³/mol. The van der Waals surface area contributed by atoms with E-state index in [2.05, 4.69) is 25.3 Å². The van der Waals surface area contributed by atoms with Crippen LogP contribution in [0.2, 0.25) is 0 Å². The zero-order chi connectivity index (χ0) is 20.9. The molecule has 0 spiro atoms. The van der Waals surface area contributed by atoms with Crippen molar-refractivity contribution in [2.24, 2.45) is 0 Å². The Labute approximate surface area is 178 Å². The van der Waals surface area contributed by atoms with Gasteiger partial charge in [-0.25, -0.2) is 0 Å². The molecule has 0 atom stereocenters. The van der Waals surface area contributed by atoms with E-state index in [1.165, 1.54) is 0 Å². The maximum atomic E-state index is 12.7. The van der Waals surface area contributed by atoms with Gasteiger partial charge in [-0.1, -0.05) is 30.3 Å². The Bertz CT molecular complexity index is 975. The molecule has 1 aromatic heterocycles. The Kier molecular flexibility index (Phi) is 6.29. The van der Waals surface area contributed by atoms with Crippen LogP contribution in [0.15, 0.2) is 59.0 Å². The standard InChI is InChI=1S/C21H21F2N5OS/c22-18(23)20-26-25-19(29-20)16-8-6-15(7-9-16)14-28(17-4-2-1-3-5-17)21(30)27-12-10-24-11-13-27/h1-9,18,24H,10-14H2. The van der Waals surface area contributed by atoms with Crippen molar-refractivity contribution in [2.75, 3.05) is 31.1 Å². The Morgan fingerprint density at radius 1 is 1.07 bits per heavy atom. The second-order valence-electron chi connectivity index (χ2n) is 6.88. The number of thiocarbonyl (C=S) groups is 1. The lowest BCUT2D eigenvalue weighted by Gasteiger charge is -2.36. The highest BCUT2D eigenvalue weighted by molar-refractivity contribution is 7.80. The molecule has 156 valence electrons. The maximum Gasteiger partial charge on any atom is 0.314 e. The number of rotatable bonds is 5. The number of para-hydroxylation sites is 1. The molecule has 1 aliphatic heterocycles. The molecule has 2 aromatic carbocycles. The summed E-state index contributed by atoms with van der Waals surface area (Å²) < 4.78 is 30.4. The smallest absolute Gasteiger partial charge is 0.314 e. The van der Waals surface area contributed by atoms with Gasteiger partial charge in [-0.15, -0.1) is 10.2 Å². The molecule has 2 heterocycles. The van der Waals surface area contributed by atoms with Crippen molar-refractivity contribution in [3.63, 3.8) is 0 Å². The molecule has 9 heteroatoms. The first kappa shape index (κ1) is 20.4. The van der Waals surface area contributed by atoms with Crippen molar-refractivity contribution in [3.8, 4) is 11.5 Å². The number of halogens is 2. The third-order valence-corrected chi connectivity index (χ3v) is 5.33. The summed E-state index contributed by atoms with van der Waals surface area (Å²) in [5.74, 6) is -0.598. The second-order valence-corrected chi connectivity index (χ2v) is 7.25.